The summed E-state index contributed by atoms with van der Waals surface area (Å²) < 4.78 is 41.1. The van der Waals surface area contributed by atoms with Crippen molar-refractivity contribution in [2.24, 2.45) is 0 Å². The fourth-order valence-corrected chi connectivity index (χ4v) is 3.98. The van der Waals surface area contributed by atoms with Gasteiger partial charge in [-0.25, -0.2) is 8.42 Å². The van der Waals surface area contributed by atoms with E-state index in [1.54, 1.807) is 18.2 Å². The number of ether oxygens (including phenoxy) is 1. The summed E-state index contributed by atoms with van der Waals surface area (Å²) in [7, 11) is -3.94. The van der Waals surface area contributed by atoms with Crippen LogP contribution < -0.4 is 0 Å². The summed E-state index contributed by atoms with van der Waals surface area (Å²) in [5.41, 5.74) is 0. The first-order valence-electron chi connectivity index (χ1n) is 6.30. The van der Waals surface area contributed by atoms with Crippen LogP contribution in [0, 0.1) is 0 Å². The lowest BCUT2D eigenvalue weighted by Crippen LogP contribution is -2.12. The quantitative estimate of drug-likeness (QED) is 0.777. The number of carbonyl (C=O) groups is 1. The normalized spacial score (nSPS) is 12.6. The van der Waals surface area contributed by atoms with Crippen molar-refractivity contribution in [3.63, 3.8) is 0 Å². The monoisotopic (exact) mass is 338 g/mol. The summed E-state index contributed by atoms with van der Waals surface area (Å²) >= 11 is 0. The smallest absolute Gasteiger partial charge is 0.318 e. The van der Waals surface area contributed by atoms with Gasteiger partial charge in [-0.05, 0) is 36.4 Å². The molecule has 0 aliphatic carbocycles. The highest BCUT2D eigenvalue weighted by molar-refractivity contribution is 7.91. The molecule has 0 aromatic heterocycles. The molecule has 0 saturated heterocycles. The van der Waals surface area contributed by atoms with Crippen LogP contribution in [0.5, 0.6) is 0 Å². The summed E-state index contributed by atoms with van der Waals surface area (Å²) in [5, 5.41) is 0. The molecule has 0 saturated carbocycles. The van der Waals surface area contributed by atoms with Crippen molar-refractivity contribution in [3.05, 3.63) is 54.6 Å². The molecule has 0 unspecified atom stereocenters. The van der Waals surface area contributed by atoms with Crippen LogP contribution in [-0.2, 0) is 30.2 Å². The Morgan fingerprint density at radius 2 is 1.55 bits per heavy atom. The SMILES string of the molecule is COC(=O)C[S@@](=O)c1ccc(S(=O)(=O)c2ccccc2)cc1. The van der Waals surface area contributed by atoms with E-state index in [1.807, 2.05) is 0 Å². The third-order valence-corrected chi connectivity index (χ3v) is 6.01. The van der Waals surface area contributed by atoms with E-state index in [2.05, 4.69) is 4.74 Å². The van der Waals surface area contributed by atoms with Gasteiger partial charge in [0.25, 0.3) is 0 Å². The van der Waals surface area contributed by atoms with Gasteiger partial charge in [0.05, 0.1) is 27.7 Å². The molecule has 0 amide bonds. The van der Waals surface area contributed by atoms with Crippen LogP contribution in [-0.4, -0.2) is 31.5 Å². The van der Waals surface area contributed by atoms with E-state index in [1.165, 1.54) is 43.5 Å². The molecule has 0 fully saturated rings. The van der Waals surface area contributed by atoms with Gasteiger partial charge in [0, 0.05) is 4.90 Å². The van der Waals surface area contributed by atoms with Crippen molar-refractivity contribution in [2.45, 2.75) is 14.7 Å². The first kappa shape index (κ1) is 16.4. The van der Waals surface area contributed by atoms with Gasteiger partial charge in [-0.2, -0.15) is 0 Å². The number of hydrogen-bond donors (Lipinski definition) is 0. The second-order valence-corrected chi connectivity index (χ2v) is 7.75. The van der Waals surface area contributed by atoms with Crippen LogP contribution in [0.25, 0.3) is 0 Å². The van der Waals surface area contributed by atoms with Crippen molar-refractivity contribution in [3.8, 4) is 0 Å². The third-order valence-electron chi connectivity index (χ3n) is 2.93. The van der Waals surface area contributed by atoms with Gasteiger partial charge in [-0.3, -0.25) is 9.00 Å². The Morgan fingerprint density at radius 3 is 2.09 bits per heavy atom. The zero-order valence-electron chi connectivity index (χ0n) is 11.8. The van der Waals surface area contributed by atoms with E-state index >= 15 is 0 Å². The van der Waals surface area contributed by atoms with E-state index in [0.717, 1.165) is 0 Å². The van der Waals surface area contributed by atoms with Crippen LogP contribution in [0.3, 0.4) is 0 Å². The minimum absolute atomic E-state index is 0.109. The number of carbonyl (C=O) groups excluding carboxylic acids is 1. The maximum Gasteiger partial charge on any atom is 0.318 e. The summed E-state index contributed by atoms with van der Waals surface area (Å²) in [6.45, 7) is 0. The lowest BCUT2D eigenvalue weighted by Gasteiger charge is -2.06. The van der Waals surface area contributed by atoms with E-state index in [9.17, 15) is 17.4 Å². The van der Waals surface area contributed by atoms with Gasteiger partial charge < -0.3 is 4.74 Å². The predicted octanol–water partition coefficient (Wildman–Crippen LogP) is 1.80. The Kier molecular flexibility index (Phi) is 5.10. The second kappa shape index (κ2) is 6.85. The number of hydrogen-bond acceptors (Lipinski definition) is 5. The van der Waals surface area contributed by atoms with Gasteiger partial charge in [0.1, 0.15) is 5.75 Å². The molecule has 2 aromatic rings. The molecule has 0 aliphatic heterocycles. The van der Waals surface area contributed by atoms with Crippen molar-refractivity contribution >= 4 is 26.6 Å². The number of esters is 1. The molecule has 5 nitrogen and oxygen atoms in total. The molecule has 2 aromatic carbocycles. The van der Waals surface area contributed by atoms with Gasteiger partial charge in [-0.15, -0.1) is 0 Å². The van der Waals surface area contributed by atoms with Gasteiger partial charge in [0.2, 0.25) is 9.84 Å². The fourth-order valence-electron chi connectivity index (χ4n) is 1.76. The molecule has 0 radical (unpaired) electrons. The fraction of sp³-hybridized carbons (Fsp3) is 0.133. The van der Waals surface area contributed by atoms with Crippen molar-refractivity contribution in [1.82, 2.24) is 0 Å². The van der Waals surface area contributed by atoms with Crippen LogP contribution in [0.4, 0.5) is 0 Å². The lowest BCUT2D eigenvalue weighted by atomic mass is 10.4. The Bertz CT molecular complexity index is 780. The topological polar surface area (TPSA) is 77.5 Å². The molecule has 0 bridgehead atoms. The number of methoxy groups -OCH3 is 1. The molecule has 2 rings (SSSR count). The summed E-state index contributed by atoms with van der Waals surface area (Å²) in [6.07, 6.45) is 0. The van der Waals surface area contributed by atoms with E-state index in [4.69, 9.17) is 0 Å². The first-order valence-corrected chi connectivity index (χ1v) is 9.11. The highest BCUT2D eigenvalue weighted by Crippen LogP contribution is 2.21. The summed E-state index contributed by atoms with van der Waals surface area (Å²) in [4.78, 5) is 11.8. The van der Waals surface area contributed by atoms with Crippen molar-refractivity contribution in [1.29, 1.82) is 0 Å². The summed E-state index contributed by atoms with van der Waals surface area (Å²) in [5.74, 6) is -0.847. The maximum atomic E-state index is 12.4. The van der Waals surface area contributed by atoms with Crippen LogP contribution >= 0.6 is 0 Å². The number of benzene rings is 2. The molecule has 0 heterocycles. The third kappa shape index (κ3) is 3.61. The molecule has 0 aliphatic rings. The molecular formula is C15H14O5S2. The standard InChI is InChI=1S/C15H14O5S2/c1-20-15(16)11-21(17)12-7-9-14(10-8-12)22(18,19)13-5-3-2-4-6-13/h2-10H,11H2,1H3/t21-/m1/s1. The molecular weight excluding hydrogens is 324 g/mol. The minimum Gasteiger partial charge on any atom is -0.468 e. The number of sulfone groups is 1. The Labute approximate surface area is 131 Å². The lowest BCUT2D eigenvalue weighted by molar-refractivity contribution is -0.137. The molecule has 0 N–H and O–H groups in total. The average molecular weight is 338 g/mol. The van der Waals surface area contributed by atoms with E-state index in [0.29, 0.717) is 4.90 Å². The van der Waals surface area contributed by atoms with Crippen LogP contribution in [0.1, 0.15) is 0 Å². The van der Waals surface area contributed by atoms with Crippen LogP contribution in [0.2, 0.25) is 0 Å². The zero-order valence-corrected chi connectivity index (χ0v) is 13.4. The molecule has 0 spiro atoms. The highest BCUT2D eigenvalue weighted by Gasteiger charge is 2.18. The van der Waals surface area contributed by atoms with Crippen LogP contribution in [0.15, 0.2) is 69.3 Å². The predicted molar refractivity (Wildman–Crippen MR) is 81.6 cm³/mol. The zero-order chi connectivity index (χ0) is 16.2. The highest BCUT2D eigenvalue weighted by atomic mass is 32.2. The second-order valence-electron chi connectivity index (χ2n) is 4.35. The first-order chi connectivity index (χ1) is 10.4. The number of rotatable bonds is 5. The molecule has 7 heteroatoms. The average Bonchev–Trinajstić information content (AvgIpc) is 2.55. The maximum absolute atomic E-state index is 12.4. The van der Waals surface area contributed by atoms with Crippen molar-refractivity contribution in [2.75, 3.05) is 12.9 Å². The minimum atomic E-state index is -3.60. The largest absolute Gasteiger partial charge is 0.468 e. The molecule has 22 heavy (non-hydrogen) atoms. The Morgan fingerprint density at radius 1 is 1.00 bits per heavy atom. The Hall–Kier alpha value is -1.99. The van der Waals surface area contributed by atoms with E-state index < -0.39 is 26.6 Å². The van der Waals surface area contributed by atoms with Gasteiger partial charge in [0.15, 0.2) is 0 Å². The van der Waals surface area contributed by atoms with E-state index in [-0.39, 0.29) is 15.5 Å². The van der Waals surface area contributed by atoms with Gasteiger partial charge >= 0.3 is 5.97 Å². The van der Waals surface area contributed by atoms with Gasteiger partial charge in [-0.1, -0.05) is 18.2 Å². The molecule has 116 valence electrons. The molecule has 1 atom stereocenters. The van der Waals surface area contributed by atoms with Crippen molar-refractivity contribution < 1.29 is 22.2 Å². The summed E-state index contributed by atoms with van der Waals surface area (Å²) in [6, 6.07) is 13.7. The Balaban J connectivity index is 2.26.